The lowest BCUT2D eigenvalue weighted by Crippen LogP contribution is -2.17. The number of rotatable bonds is 2. The zero-order valence-electron chi connectivity index (χ0n) is 10.5. The maximum atomic E-state index is 6.18. The van der Waals surface area contributed by atoms with Gasteiger partial charge in [-0.1, -0.05) is 19.1 Å². The van der Waals surface area contributed by atoms with Crippen molar-refractivity contribution in [1.82, 2.24) is 0 Å². The fourth-order valence-corrected chi connectivity index (χ4v) is 3.02. The summed E-state index contributed by atoms with van der Waals surface area (Å²) in [5, 5.41) is 3.49. The van der Waals surface area contributed by atoms with Crippen molar-refractivity contribution in [3.63, 3.8) is 0 Å². The lowest BCUT2D eigenvalue weighted by molar-refractivity contribution is 0.206. The zero-order valence-corrected chi connectivity index (χ0v) is 10.5. The molecule has 1 aromatic rings. The molecule has 0 aromatic heterocycles. The van der Waals surface area contributed by atoms with Crippen LogP contribution in [0.4, 0.5) is 5.69 Å². The number of anilines is 1. The Hall–Kier alpha value is -1.18. The first-order valence-electron chi connectivity index (χ1n) is 6.85. The number of hydrogen-bond acceptors (Lipinski definition) is 2. The van der Waals surface area contributed by atoms with Crippen molar-refractivity contribution in [3.05, 3.63) is 23.8 Å². The summed E-state index contributed by atoms with van der Waals surface area (Å²) < 4.78 is 6.18. The van der Waals surface area contributed by atoms with E-state index in [1.165, 1.54) is 43.4 Å². The molecule has 0 bridgehead atoms. The third kappa shape index (κ3) is 2.26. The molecule has 0 amide bonds. The van der Waals surface area contributed by atoms with Crippen LogP contribution in [0.1, 0.15) is 38.2 Å². The SMILES string of the molecule is CC1CCC(Oc2cccc3c2NCCC3)C1. The summed E-state index contributed by atoms with van der Waals surface area (Å²) in [5.74, 6) is 1.90. The summed E-state index contributed by atoms with van der Waals surface area (Å²) in [5.41, 5.74) is 2.66. The van der Waals surface area contributed by atoms with Crippen LogP contribution in [0.5, 0.6) is 5.75 Å². The molecule has 1 N–H and O–H groups in total. The predicted molar refractivity (Wildman–Crippen MR) is 70.7 cm³/mol. The van der Waals surface area contributed by atoms with E-state index < -0.39 is 0 Å². The van der Waals surface area contributed by atoms with E-state index in [0.717, 1.165) is 18.2 Å². The molecule has 92 valence electrons. The fourth-order valence-electron chi connectivity index (χ4n) is 3.02. The van der Waals surface area contributed by atoms with Crippen molar-refractivity contribution in [3.8, 4) is 5.75 Å². The third-order valence-electron chi connectivity index (χ3n) is 3.98. The number of para-hydroxylation sites is 1. The van der Waals surface area contributed by atoms with Gasteiger partial charge in [0.25, 0.3) is 0 Å². The molecule has 1 aliphatic carbocycles. The van der Waals surface area contributed by atoms with Crippen LogP contribution >= 0.6 is 0 Å². The van der Waals surface area contributed by atoms with Gasteiger partial charge < -0.3 is 10.1 Å². The van der Waals surface area contributed by atoms with Crippen LogP contribution < -0.4 is 10.1 Å². The Morgan fingerprint density at radius 2 is 2.24 bits per heavy atom. The summed E-state index contributed by atoms with van der Waals surface area (Å²) in [4.78, 5) is 0. The van der Waals surface area contributed by atoms with E-state index in [1.807, 2.05) is 0 Å². The molecule has 2 unspecified atom stereocenters. The van der Waals surface area contributed by atoms with Gasteiger partial charge in [-0.25, -0.2) is 0 Å². The minimum absolute atomic E-state index is 0.431. The van der Waals surface area contributed by atoms with Gasteiger partial charge in [0.05, 0.1) is 11.8 Å². The van der Waals surface area contributed by atoms with Crippen molar-refractivity contribution in [2.45, 2.75) is 45.1 Å². The van der Waals surface area contributed by atoms with Crippen molar-refractivity contribution in [1.29, 1.82) is 0 Å². The van der Waals surface area contributed by atoms with Crippen LogP contribution in [0.15, 0.2) is 18.2 Å². The Kier molecular flexibility index (Phi) is 2.96. The topological polar surface area (TPSA) is 21.3 Å². The average Bonchev–Trinajstić information content (AvgIpc) is 2.75. The van der Waals surface area contributed by atoms with E-state index in [2.05, 4.69) is 30.4 Å². The number of nitrogens with one attached hydrogen (secondary N) is 1. The third-order valence-corrected chi connectivity index (χ3v) is 3.98. The number of hydrogen-bond donors (Lipinski definition) is 1. The first-order valence-corrected chi connectivity index (χ1v) is 6.85. The lowest BCUT2D eigenvalue weighted by Gasteiger charge is -2.23. The molecular formula is C15H21NO. The van der Waals surface area contributed by atoms with Crippen LogP contribution in [0.25, 0.3) is 0 Å². The van der Waals surface area contributed by atoms with Gasteiger partial charge in [0.15, 0.2) is 0 Å². The minimum Gasteiger partial charge on any atom is -0.488 e. The molecule has 0 spiro atoms. The van der Waals surface area contributed by atoms with E-state index in [-0.39, 0.29) is 0 Å². The highest BCUT2D eigenvalue weighted by atomic mass is 16.5. The molecule has 2 aliphatic rings. The number of benzene rings is 1. The molecule has 2 atom stereocenters. The second-order valence-corrected chi connectivity index (χ2v) is 5.48. The highest BCUT2D eigenvalue weighted by Crippen LogP contribution is 2.35. The average molecular weight is 231 g/mol. The molecule has 1 heterocycles. The summed E-state index contributed by atoms with van der Waals surface area (Å²) in [6, 6.07) is 6.45. The molecule has 0 radical (unpaired) electrons. The largest absolute Gasteiger partial charge is 0.488 e. The van der Waals surface area contributed by atoms with E-state index >= 15 is 0 Å². The molecule has 17 heavy (non-hydrogen) atoms. The monoisotopic (exact) mass is 231 g/mol. The highest BCUT2D eigenvalue weighted by molar-refractivity contribution is 5.63. The maximum Gasteiger partial charge on any atom is 0.143 e. The molecule has 0 saturated heterocycles. The first kappa shape index (κ1) is 10.9. The van der Waals surface area contributed by atoms with Crippen molar-refractivity contribution in [2.75, 3.05) is 11.9 Å². The predicted octanol–water partition coefficient (Wildman–Crippen LogP) is 3.61. The Morgan fingerprint density at radius 1 is 1.29 bits per heavy atom. The molecule has 1 aliphatic heterocycles. The molecule has 2 nitrogen and oxygen atoms in total. The van der Waals surface area contributed by atoms with Crippen molar-refractivity contribution >= 4 is 5.69 Å². The van der Waals surface area contributed by atoms with Crippen LogP contribution in [0.2, 0.25) is 0 Å². The Bertz CT molecular complexity index is 402. The molecule has 2 heteroatoms. The summed E-state index contributed by atoms with van der Waals surface area (Å²) in [6.45, 7) is 3.40. The second-order valence-electron chi connectivity index (χ2n) is 5.48. The van der Waals surface area contributed by atoms with Crippen LogP contribution in [-0.4, -0.2) is 12.6 Å². The van der Waals surface area contributed by atoms with Gasteiger partial charge in [-0.2, -0.15) is 0 Å². The van der Waals surface area contributed by atoms with Gasteiger partial charge in [-0.3, -0.25) is 0 Å². The van der Waals surface area contributed by atoms with Crippen LogP contribution in [-0.2, 0) is 6.42 Å². The molecule has 1 fully saturated rings. The number of aryl methyl sites for hydroxylation is 1. The minimum atomic E-state index is 0.431. The van der Waals surface area contributed by atoms with Gasteiger partial charge in [-0.05, 0) is 49.7 Å². The normalized spacial score (nSPS) is 27.4. The molecule has 3 rings (SSSR count). The Labute approximate surface area is 103 Å². The van der Waals surface area contributed by atoms with Crippen LogP contribution in [0, 0.1) is 5.92 Å². The van der Waals surface area contributed by atoms with E-state index in [4.69, 9.17) is 4.74 Å². The van der Waals surface area contributed by atoms with Crippen molar-refractivity contribution < 1.29 is 4.74 Å². The van der Waals surface area contributed by atoms with Gasteiger partial charge in [-0.15, -0.1) is 0 Å². The Morgan fingerprint density at radius 3 is 3.06 bits per heavy atom. The molecular weight excluding hydrogens is 210 g/mol. The van der Waals surface area contributed by atoms with E-state index in [9.17, 15) is 0 Å². The molecule has 1 aromatic carbocycles. The van der Waals surface area contributed by atoms with Crippen molar-refractivity contribution in [2.24, 2.45) is 5.92 Å². The van der Waals surface area contributed by atoms with Gasteiger partial charge in [0.2, 0.25) is 0 Å². The van der Waals surface area contributed by atoms with Gasteiger partial charge in [0, 0.05) is 6.54 Å². The van der Waals surface area contributed by atoms with E-state index in [1.54, 1.807) is 0 Å². The molecule has 1 saturated carbocycles. The highest BCUT2D eigenvalue weighted by Gasteiger charge is 2.24. The number of fused-ring (bicyclic) bond motifs is 1. The smallest absolute Gasteiger partial charge is 0.143 e. The quantitative estimate of drug-likeness (QED) is 0.839. The van der Waals surface area contributed by atoms with Gasteiger partial charge >= 0.3 is 0 Å². The number of ether oxygens (including phenoxy) is 1. The first-order chi connectivity index (χ1) is 8.33. The fraction of sp³-hybridized carbons (Fsp3) is 0.600. The maximum absolute atomic E-state index is 6.18. The van der Waals surface area contributed by atoms with E-state index in [0.29, 0.717) is 6.10 Å². The zero-order chi connectivity index (χ0) is 11.7. The second kappa shape index (κ2) is 4.59. The summed E-state index contributed by atoms with van der Waals surface area (Å²) in [7, 11) is 0. The standard InChI is InChI=1S/C15H21NO/c1-11-7-8-13(10-11)17-14-6-2-4-12-5-3-9-16-15(12)14/h2,4,6,11,13,16H,3,5,7-10H2,1H3. The van der Waals surface area contributed by atoms with Crippen LogP contribution in [0.3, 0.4) is 0 Å². The summed E-state index contributed by atoms with van der Waals surface area (Å²) >= 11 is 0. The Balaban J connectivity index is 1.78. The van der Waals surface area contributed by atoms with Gasteiger partial charge in [0.1, 0.15) is 5.75 Å². The lowest BCUT2D eigenvalue weighted by atomic mass is 10.0. The summed E-state index contributed by atoms with van der Waals surface area (Å²) in [6.07, 6.45) is 6.58.